The molecule has 0 bridgehead atoms. The van der Waals surface area contributed by atoms with Crippen LogP contribution in [0.3, 0.4) is 0 Å². The van der Waals surface area contributed by atoms with Crippen molar-refractivity contribution in [2.75, 3.05) is 0 Å². The standard InChI is InChI=1S/C14H20.2C14H14.2C11H10.2C9H12.C8H16.2C2H6/c2*1-11-3-7-13(8-4-11)14-9-5-12(2)6-10-14;1-11-7-3-5-9-13(11)14-10-6-4-8-12(14)2;1-9-5-4-7-10-6-2-3-8-11(9)10;1-9-6-7-10-4-2-3-5-11(10)8-9;2*1-7-4-5-8(2)9(3)6-7;1-7-3-5-8(2)6-4-7;2*1-2/h3-4,7-8,12,14H,5-6,9-10H2,1-2H3;2*3-10H,1-2H3;2*2-8H,1H3;2*4-6H,1-3H3;7-8H,3-6H2,1-2H3;2*1-2H3. The highest BCUT2D eigenvalue weighted by Gasteiger charge is 2.19. The zero-order valence-corrected chi connectivity index (χ0v) is 62.1. The highest BCUT2D eigenvalue weighted by atomic mass is 14.2. The largest absolute Gasteiger partial charge is 0.0683 e. The normalized spacial score (nSPS) is 14.9. The first-order valence-corrected chi connectivity index (χ1v) is 35.5. The Morgan fingerprint density at radius 2 is 0.543 bits per heavy atom. The molecule has 0 heteroatoms. The molecule has 94 heavy (non-hydrogen) atoms. The Balaban J connectivity index is 0.000000229. The van der Waals surface area contributed by atoms with Gasteiger partial charge in [-0.15, -0.1) is 0 Å². The lowest BCUT2D eigenvalue weighted by molar-refractivity contribution is 0.308. The minimum atomic E-state index is 0.840. The van der Waals surface area contributed by atoms with Gasteiger partial charge in [0.2, 0.25) is 0 Å². The summed E-state index contributed by atoms with van der Waals surface area (Å²) in [6.07, 6.45) is 11.5. The molecule has 0 radical (unpaired) electrons. The second-order valence-corrected chi connectivity index (χ2v) is 26.4. The fraction of sp³-hybridized carbons (Fsp3) is 0.340. The quantitative estimate of drug-likeness (QED) is 0.165. The van der Waals surface area contributed by atoms with Crippen LogP contribution < -0.4 is 0 Å². The predicted octanol–water partition coefficient (Wildman–Crippen LogP) is 28.6. The summed E-state index contributed by atoms with van der Waals surface area (Å²) >= 11 is 0. The third-order valence-corrected chi connectivity index (χ3v) is 18.1. The van der Waals surface area contributed by atoms with Gasteiger partial charge in [-0.2, -0.15) is 0 Å². The lowest BCUT2D eigenvalue weighted by atomic mass is 9.79. The van der Waals surface area contributed by atoms with Crippen LogP contribution in [0.2, 0.25) is 0 Å². The average Bonchev–Trinajstić information content (AvgIpc) is 2.57. The first kappa shape index (κ1) is 78.4. The lowest BCUT2D eigenvalue weighted by Gasteiger charge is -2.26. The molecule has 0 heterocycles. The molecule has 2 aliphatic carbocycles. The molecule has 0 spiro atoms. The molecule has 0 aromatic heterocycles. The van der Waals surface area contributed by atoms with Crippen LogP contribution >= 0.6 is 0 Å². The zero-order chi connectivity index (χ0) is 69.0. The van der Waals surface area contributed by atoms with Gasteiger partial charge in [0, 0.05) is 0 Å². The summed E-state index contributed by atoms with van der Waals surface area (Å²) in [6, 6.07) is 86.1. The van der Waals surface area contributed by atoms with Gasteiger partial charge in [-0.05, 0) is 215 Å². The van der Waals surface area contributed by atoms with Crippen LogP contribution in [-0.2, 0) is 0 Å². The number of rotatable bonds is 3. The summed E-state index contributed by atoms with van der Waals surface area (Å²) in [6.45, 7) is 42.8. The molecule has 13 rings (SSSR count). The van der Waals surface area contributed by atoms with Crippen molar-refractivity contribution < 1.29 is 0 Å². The van der Waals surface area contributed by atoms with E-state index in [1.807, 2.05) is 27.7 Å². The Morgan fingerprint density at radius 3 is 0.947 bits per heavy atom. The topological polar surface area (TPSA) is 0 Å². The fourth-order valence-corrected chi connectivity index (χ4v) is 11.6. The average molecular weight is 1250 g/mol. The van der Waals surface area contributed by atoms with Crippen molar-refractivity contribution >= 4 is 21.5 Å². The summed E-state index contributed by atoms with van der Waals surface area (Å²) in [5.41, 5.74) is 24.3. The molecule has 0 N–H and O–H groups in total. The van der Waals surface area contributed by atoms with E-state index in [2.05, 4.69) is 353 Å². The van der Waals surface area contributed by atoms with Crippen molar-refractivity contribution in [1.82, 2.24) is 0 Å². The monoisotopic (exact) mass is 1250 g/mol. The Kier molecular flexibility index (Phi) is 35.9. The van der Waals surface area contributed by atoms with E-state index in [0.29, 0.717) is 0 Å². The number of hydrogen-bond donors (Lipinski definition) is 0. The van der Waals surface area contributed by atoms with Crippen molar-refractivity contribution in [1.29, 1.82) is 0 Å². The Hall–Kier alpha value is -8.06. The van der Waals surface area contributed by atoms with Crippen LogP contribution in [0, 0.1) is 108 Å². The van der Waals surface area contributed by atoms with E-state index in [-0.39, 0.29) is 0 Å². The highest BCUT2D eigenvalue weighted by Crippen LogP contribution is 2.36. The molecule has 0 aliphatic heterocycles. The van der Waals surface area contributed by atoms with Gasteiger partial charge in [-0.1, -0.05) is 363 Å². The van der Waals surface area contributed by atoms with Crippen LogP contribution in [0.25, 0.3) is 43.8 Å². The van der Waals surface area contributed by atoms with Gasteiger partial charge < -0.3 is 0 Å². The third kappa shape index (κ3) is 28.3. The van der Waals surface area contributed by atoms with Crippen molar-refractivity contribution in [3.63, 3.8) is 0 Å². The second kappa shape index (κ2) is 43.0. The molecule has 11 aromatic rings. The Labute approximate surface area is 574 Å². The van der Waals surface area contributed by atoms with Crippen LogP contribution in [-0.4, -0.2) is 0 Å². The molecule has 496 valence electrons. The Bertz CT molecular complexity index is 3680. The van der Waals surface area contributed by atoms with Gasteiger partial charge in [0.15, 0.2) is 0 Å². The maximum Gasteiger partial charge on any atom is -0.0152 e. The number of hydrogen-bond acceptors (Lipinski definition) is 0. The van der Waals surface area contributed by atoms with Gasteiger partial charge >= 0.3 is 0 Å². The predicted molar refractivity (Wildman–Crippen MR) is 422 cm³/mol. The van der Waals surface area contributed by atoms with Crippen molar-refractivity contribution in [2.24, 2.45) is 17.8 Å². The van der Waals surface area contributed by atoms with Gasteiger partial charge in [-0.3, -0.25) is 0 Å². The summed E-state index contributed by atoms with van der Waals surface area (Å²) in [5, 5.41) is 5.33. The second-order valence-electron chi connectivity index (χ2n) is 26.4. The highest BCUT2D eigenvalue weighted by molar-refractivity contribution is 5.85. The van der Waals surface area contributed by atoms with Gasteiger partial charge in [0.05, 0.1) is 0 Å². The molecule has 2 saturated carbocycles. The van der Waals surface area contributed by atoms with Crippen LogP contribution in [0.15, 0.2) is 243 Å². The van der Waals surface area contributed by atoms with E-state index in [1.165, 1.54) is 167 Å². The molecule has 0 amide bonds. The third-order valence-electron chi connectivity index (χ3n) is 18.1. The molecule has 0 saturated heterocycles. The van der Waals surface area contributed by atoms with Crippen LogP contribution in [0.4, 0.5) is 0 Å². The number of benzene rings is 11. The lowest BCUT2D eigenvalue weighted by Crippen LogP contribution is -2.10. The van der Waals surface area contributed by atoms with Crippen LogP contribution in [0.1, 0.15) is 184 Å². The molecule has 11 aromatic carbocycles. The fourth-order valence-electron chi connectivity index (χ4n) is 11.6. The van der Waals surface area contributed by atoms with Crippen LogP contribution in [0.5, 0.6) is 0 Å². The summed E-state index contributed by atoms with van der Waals surface area (Å²) < 4.78 is 0. The van der Waals surface area contributed by atoms with Crippen molar-refractivity contribution in [2.45, 2.75) is 196 Å². The summed E-state index contributed by atoms with van der Waals surface area (Å²) in [4.78, 5) is 0. The molecule has 0 atom stereocenters. The number of aryl methyl sites for hydroxylation is 13. The molecule has 0 nitrogen and oxygen atoms in total. The SMILES string of the molecule is CC.CC.CC1CCC(C)CC1.Cc1ccc(-c2ccc(C)cc2)cc1.Cc1ccc(C)c(C)c1.Cc1ccc(C)c(C)c1.Cc1ccc(C2CCC(C)CC2)cc1.Cc1ccc2ccccc2c1.Cc1cccc2ccccc12.Cc1ccccc1-c1ccccc1C. The summed E-state index contributed by atoms with van der Waals surface area (Å²) in [5.74, 6) is 3.83. The first-order chi connectivity index (χ1) is 45.2. The van der Waals surface area contributed by atoms with Gasteiger partial charge in [-0.25, -0.2) is 0 Å². The van der Waals surface area contributed by atoms with Gasteiger partial charge in [0.1, 0.15) is 0 Å². The van der Waals surface area contributed by atoms with E-state index >= 15 is 0 Å². The van der Waals surface area contributed by atoms with E-state index in [9.17, 15) is 0 Å². The minimum Gasteiger partial charge on any atom is -0.0683 e. The van der Waals surface area contributed by atoms with E-state index < -0.39 is 0 Å². The minimum absolute atomic E-state index is 0.840. The maximum atomic E-state index is 2.38. The zero-order valence-electron chi connectivity index (χ0n) is 62.1. The summed E-state index contributed by atoms with van der Waals surface area (Å²) in [7, 11) is 0. The van der Waals surface area contributed by atoms with E-state index in [0.717, 1.165) is 23.7 Å². The maximum absolute atomic E-state index is 2.38. The van der Waals surface area contributed by atoms with Crippen molar-refractivity contribution in [3.05, 3.63) is 321 Å². The van der Waals surface area contributed by atoms with E-state index in [4.69, 9.17) is 0 Å². The van der Waals surface area contributed by atoms with E-state index in [1.54, 1.807) is 5.56 Å². The molecule has 0 unspecified atom stereocenters. The smallest absolute Gasteiger partial charge is 0.0152 e. The van der Waals surface area contributed by atoms with Crippen molar-refractivity contribution in [3.8, 4) is 22.3 Å². The van der Waals surface area contributed by atoms with Gasteiger partial charge in [0.25, 0.3) is 0 Å². The molecular formula is C94H120. The Morgan fingerprint density at radius 1 is 0.223 bits per heavy atom. The number of fused-ring (bicyclic) bond motifs is 2. The molecule has 2 fully saturated rings. The molecule has 2 aliphatic rings. The molecular weight excluding hydrogens is 1130 g/mol. The first-order valence-electron chi connectivity index (χ1n) is 35.5.